The summed E-state index contributed by atoms with van der Waals surface area (Å²) in [5.41, 5.74) is 5.86. The molecule has 0 aliphatic rings. The van der Waals surface area contributed by atoms with Gasteiger partial charge in [0.25, 0.3) is 0 Å². The SMILES string of the molecule is NC(=O)CCCc1ccc(O)c(O)c1. The molecule has 4 nitrogen and oxygen atoms in total. The van der Waals surface area contributed by atoms with Crippen LogP contribution in [0.1, 0.15) is 18.4 Å². The molecule has 0 fully saturated rings. The zero-order valence-corrected chi connectivity index (χ0v) is 7.73. The van der Waals surface area contributed by atoms with E-state index in [9.17, 15) is 4.79 Å². The summed E-state index contributed by atoms with van der Waals surface area (Å²) in [6.45, 7) is 0. The van der Waals surface area contributed by atoms with Gasteiger partial charge < -0.3 is 15.9 Å². The Morgan fingerprint density at radius 2 is 2.00 bits per heavy atom. The second-order valence-corrected chi connectivity index (χ2v) is 3.14. The first-order valence-electron chi connectivity index (χ1n) is 4.39. The van der Waals surface area contributed by atoms with E-state index in [4.69, 9.17) is 15.9 Å². The maximum atomic E-state index is 10.4. The lowest BCUT2D eigenvalue weighted by atomic mass is 10.1. The third kappa shape index (κ3) is 2.97. The minimum atomic E-state index is -0.326. The summed E-state index contributed by atoms with van der Waals surface area (Å²) < 4.78 is 0. The van der Waals surface area contributed by atoms with Gasteiger partial charge in [0.05, 0.1) is 0 Å². The van der Waals surface area contributed by atoms with Crippen LogP contribution < -0.4 is 5.73 Å². The van der Waals surface area contributed by atoms with Crippen molar-refractivity contribution in [3.8, 4) is 11.5 Å². The number of hydrogen-bond acceptors (Lipinski definition) is 3. The predicted octanol–water partition coefficient (Wildman–Crippen LogP) is 0.906. The molecule has 0 aromatic heterocycles. The summed E-state index contributed by atoms with van der Waals surface area (Å²) in [6.07, 6.45) is 1.65. The third-order valence-electron chi connectivity index (χ3n) is 1.93. The number of rotatable bonds is 4. The maximum absolute atomic E-state index is 10.4. The highest BCUT2D eigenvalue weighted by Crippen LogP contribution is 2.25. The Morgan fingerprint density at radius 3 is 2.57 bits per heavy atom. The number of amides is 1. The second-order valence-electron chi connectivity index (χ2n) is 3.14. The fraction of sp³-hybridized carbons (Fsp3) is 0.300. The van der Waals surface area contributed by atoms with Gasteiger partial charge in [0.2, 0.25) is 5.91 Å². The highest BCUT2D eigenvalue weighted by molar-refractivity contribution is 5.73. The molecule has 0 unspecified atom stereocenters. The van der Waals surface area contributed by atoms with E-state index in [-0.39, 0.29) is 17.4 Å². The third-order valence-corrected chi connectivity index (χ3v) is 1.93. The van der Waals surface area contributed by atoms with E-state index < -0.39 is 0 Å². The first-order valence-corrected chi connectivity index (χ1v) is 4.39. The zero-order chi connectivity index (χ0) is 10.6. The number of carbonyl (C=O) groups excluding carboxylic acids is 1. The Bertz CT molecular complexity index is 336. The van der Waals surface area contributed by atoms with E-state index in [0.29, 0.717) is 19.3 Å². The number of aromatic hydroxyl groups is 2. The van der Waals surface area contributed by atoms with Crippen molar-refractivity contribution in [3.05, 3.63) is 23.8 Å². The van der Waals surface area contributed by atoms with Crippen LogP contribution in [0.2, 0.25) is 0 Å². The van der Waals surface area contributed by atoms with Crippen molar-refractivity contribution in [1.29, 1.82) is 0 Å². The molecule has 1 amide bonds. The Hall–Kier alpha value is -1.71. The molecule has 1 rings (SSSR count). The summed E-state index contributed by atoms with van der Waals surface area (Å²) in [6, 6.07) is 4.61. The lowest BCUT2D eigenvalue weighted by Crippen LogP contribution is -2.10. The van der Waals surface area contributed by atoms with Gasteiger partial charge in [0.1, 0.15) is 0 Å². The standard InChI is InChI=1S/C10H13NO3/c11-10(14)3-1-2-7-4-5-8(12)9(13)6-7/h4-6,12-13H,1-3H2,(H2,11,14). The molecular formula is C10H13NO3. The second kappa shape index (κ2) is 4.50. The Morgan fingerprint density at radius 1 is 1.29 bits per heavy atom. The molecule has 0 spiro atoms. The fourth-order valence-corrected chi connectivity index (χ4v) is 1.19. The minimum absolute atomic E-state index is 0.136. The van der Waals surface area contributed by atoms with E-state index in [0.717, 1.165) is 5.56 Å². The zero-order valence-electron chi connectivity index (χ0n) is 7.73. The van der Waals surface area contributed by atoms with Crippen molar-refractivity contribution in [3.63, 3.8) is 0 Å². The van der Waals surface area contributed by atoms with Crippen LogP contribution in [0.4, 0.5) is 0 Å². The average molecular weight is 195 g/mol. The highest BCUT2D eigenvalue weighted by atomic mass is 16.3. The van der Waals surface area contributed by atoms with E-state index in [2.05, 4.69) is 0 Å². The summed E-state index contributed by atoms with van der Waals surface area (Å²) in [7, 11) is 0. The summed E-state index contributed by atoms with van der Waals surface area (Å²) in [5.74, 6) is -0.599. The Labute approximate surface area is 82.0 Å². The largest absolute Gasteiger partial charge is 0.504 e. The number of primary amides is 1. The average Bonchev–Trinajstić information content (AvgIpc) is 2.10. The van der Waals surface area contributed by atoms with E-state index >= 15 is 0 Å². The number of phenolic OH excluding ortho intramolecular Hbond substituents is 2. The Balaban J connectivity index is 2.51. The van der Waals surface area contributed by atoms with Crippen molar-refractivity contribution in [2.45, 2.75) is 19.3 Å². The van der Waals surface area contributed by atoms with Crippen molar-refractivity contribution < 1.29 is 15.0 Å². The number of aryl methyl sites for hydroxylation is 1. The summed E-state index contributed by atoms with van der Waals surface area (Å²) in [5, 5.41) is 18.2. The topological polar surface area (TPSA) is 83.6 Å². The van der Waals surface area contributed by atoms with Crippen molar-refractivity contribution in [1.82, 2.24) is 0 Å². The van der Waals surface area contributed by atoms with E-state index in [1.807, 2.05) is 0 Å². The van der Waals surface area contributed by atoms with Gasteiger partial charge in [-0.05, 0) is 30.5 Å². The molecule has 0 saturated heterocycles. The summed E-state index contributed by atoms with van der Waals surface area (Å²) in [4.78, 5) is 10.4. The lowest BCUT2D eigenvalue weighted by Gasteiger charge is -2.02. The molecule has 0 heterocycles. The van der Waals surface area contributed by atoms with Gasteiger partial charge in [0.15, 0.2) is 11.5 Å². The van der Waals surface area contributed by atoms with E-state index in [1.165, 1.54) is 12.1 Å². The molecule has 1 aromatic rings. The van der Waals surface area contributed by atoms with Crippen LogP contribution in [0, 0.1) is 0 Å². The van der Waals surface area contributed by atoms with Gasteiger partial charge >= 0.3 is 0 Å². The molecule has 0 aliphatic carbocycles. The smallest absolute Gasteiger partial charge is 0.217 e. The van der Waals surface area contributed by atoms with Crippen LogP contribution >= 0.6 is 0 Å². The monoisotopic (exact) mass is 195 g/mol. The normalized spacial score (nSPS) is 10.0. The number of carbonyl (C=O) groups is 1. The van der Waals surface area contributed by atoms with Crippen LogP contribution in [0.3, 0.4) is 0 Å². The molecule has 76 valence electrons. The molecule has 0 atom stereocenters. The van der Waals surface area contributed by atoms with Crippen molar-refractivity contribution in [2.24, 2.45) is 5.73 Å². The van der Waals surface area contributed by atoms with Gasteiger partial charge in [-0.3, -0.25) is 4.79 Å². The lowest BCUT2D eigenvalue weighted by molar-refractivity contribution is -0.118. The number of phenols is 2. The molecule has 4 heteroatoms. The first-order chi connectivity index (χ1) is 6.59. The quantitative estimate of drug-likeness (QED) is 0.624. The molecule has 0 bridgehead atoms. The van der Waals surface area contributed by atoms with Crippen LogP contribution in [0.15, 0.2) is 18.2 Å². The van der Waals surface area contributed by atoms with Gasteiger partial charge in [-0.15, -0.1) is 0 Å². The van der Waals surface area contributed by atoms with Gasteiger partial charge in [-0.2, -0.15) is 0 Å². The van der Waals surface area contributed by atoms with Crippen molar-refractivity contribution in [2.75, 3.05) is 0 Å². The fourth-order valence-electron chi connectivity index (χ4n) is 1.19. The highest BCUT2D eigenvalue weighted by Gasteiger charge is 2.01. The molecule has 4 N–H and O–H groups in total. The van der Waals surface area contributed by atoms with E-state index in [1.54, 1.807) is 6.07 Å². The van der Waals surface area contributed by atoms with Gasteiger partial charge in [0, 0.05) is 6.42 Å². The number of hydrogen-bond donors (Lipinski definition) is 3. The summed E-state index contributed by atoms with van der Waals surface area (Å²) >= 11 is 0. The predicted molar refractivity (Wildman–Crippen MR) is 51.9 cm³/mol. The number of nitrogens with two attached hydrogens (primary N) is 1. The van der Waals surface area contributed by atoms with Crippen LogP contribution in [-0.4, -0.2) is 16.1 Å². The molecule has 14 heavy (non-hydrogen) atoms. The van der Waals surface area contributed by atoms with Gasteiger partial charge in [-0.25, -0.2) is 0 Å². The number of benzene rings is 1. The Kier molecular flexibility index (Phi) is 3.34. The van der Waals surface area contributed by atoms with Gasteiger partial charge in [-0.1, -0.05) is 6.07 Å². The molecule has 1 aromatic carbocycles. The van der Waals surface area contributed by atoms with Crippen LogP contribution in [0.25, 0.3) is 0 Å². The van der Waals surface area contributed by atoms with Crippen molar-refractivity contribution >= 4 is 5.91 Å². The minimum Gasteiger partial charge on any atom is -0.504 e. The van der Waals surface area contributed by atoms with Crippen LogP contribution in [0.5, 0.6) is 11.5 Å². The molecule has 0 saturated carbocycles. The molecular weight excluding hydrogens is 182 g/mol. The molecule has 0 radical (unpaired) electrons. The first kappa shape index (κ1) is 10.4. The van der Waals surface area contributed by atoms with Crippen LogP contribution in [-0.2, 0) is 11.2 Å². The molecule has 0 aliphatic heterocycles. The maximum Gasteiger partial charge on any atom is 0.217 e.